The van der Waals surface area contributed by atoms with Crippen LogP contribution in [0.4, 0.5) is 4.39 Å². The number of benzene rings is 2. The summed E-state index contributed by atoms with van der Waals surface area (Å²) in [6.07, 6.45) is -0.979. The van der Waals surface area contributed by atoms with Crippen LogP contribution in [0.2, 0.25) is 0 Å². The van der Waals surface area contributed by atoms with Crippen molar-refractivity contribution < 1.29 is 42.5 Å². The summed E-state index contributed by atoms with van der Waals surface area (Å²) in [5.74, 6) is -1.21. The Hall–Kier alpha value is -3.71. The number of carbonyl (C=O) groups excluding carboxylic acids is 2. The van der Waals surface area contributed by atoms with Crippen LogP contribution in [0.1, 0.15) is 41.8 Å². The number of hydrogen-bond donors (Lipinski definition) is 3. The van der Waals surface area contributed by atoms with E-state index in [1.807, 2.05) is 6.92 Å². The second kappa shape index (κ2) is 11.3. The molecule has 1 aromatic heterocycles. The number of fused-ring (bicyclic) bond motifs is 3. The summed E-state index contributed by atoms with van der Waals surface area (Å²) in [7, 11) is 2.91. The first-order valence-corrected chi connectivity index (χ1v) is 13.2. The molecule has 0 radical (unpaired) electrons. The zero-order chi connectivity index (χ0) is 29.4. The molecule has 220 valence electrons. The predicted octanol–water partition coefficient (Wildman–Crippen LogP) is 2.51. The molecular weight excluding hydrogens is 537 g/mol. The summed E-state index contributed by atoms with van der Waals surface area (Å²) in [5.41, 5.74) is -0.741. The van der Waals surface area contributed by atoms with Gasteiger partial charge in [0, 0.05) is 25.8 Å². The molecule has 0 saturated carbocycles. The molecule has 1 saturated heterocycles. The number of ether oxygens (including phenoxy) is 4. The van der Waals surface area contributed by atoms with Gasteiger partial charge in [-0.3, -0.25) is 14.9 Å². The average molecular weight is 572 g/mol. The number of carbonyl (C=O) groups is 2. The highest BCUT2D eigenvalue weighted by Crippen LogP contribution is 2.39. The van der Waals surface area contributed by atoms with Gasteiger partial charge in [0.15, 0.2) is 11.3 Å². The first-order chi connectivity index (χ1) is 19.6. The van der Waals surface area contributed by atoms with Gasteiger partial charge in [0.05, 0.1) is 37.9 Å². The van der Waals surface area contributed by atoms with Gasteiger partial charge in [-0.25, -0.2) is 4.39 Å². The second-order valence-corrected chi connectivity index (χ2v) is 10.7. The van der Waals surface area contributed by atoms with Crippen molar-refractivity contribution >= 4 is 22.8 Å². The van der Waals surface area contributed by atoms with Crippen molar-refractivity contribution in [1.29, 1.82) is 0 Å². The lowest BCUT2D eigenvalue weighted by molar-refractivity contribution is -0.133. The summed E-state index contributed by atoms with van der Waals surface area (Å²) in [6, 6.07) is 9.46. The first kappa shape index (κ1) is 28.8. The number of amides is 2. The van der Waals surface area contributed by atoms with Crippen LogP contribution in [0, 0.1) is 5.82 Å². The maximum absolute atomic E-state index is 14.5. The summed E-state index contributed by atoms with van der Waals surface area (Å²) in [6.45, 7) is 4.36. The van der Waals surface area contributed by atoms with Crippen molar-refractivity contribution in [3.8, 4) is 11.5 Å². The SMILES string of the molecule is COCCN1C(=O)c2oc3cc(C(O)NC4(C)COC4)ccc3c2OC[C@]1(C)C(=O)NCc1c(F)cccc1OC. The minimum Gasteiger partial charge on any atom is -0.496 e. The van der Waals surface area contributed by atoms with Crippen molar-refractivity contribution in [1.82, 2.24) is 15.5 Å². The normalized spacial score (nSPS) is 20.5. The van der Waals surface area contributed by atoms with Crippen molar-refractivity contribution in [2.75, 3.05) is 47.2 Å². The number of aliphatic hydroxyl groups excluding tert-OH is 1. The van der Waals surface area contributed by atoms with E-state index in [0.717, 1.165) is 0 Å². The third kappa shape index (κ3) is 5.35. The topological polar surface area (TPSA) is 132 Å². The van der Waals surface area contributed by atoms with Gasteiger partial charge in [-0.2, -0.15) is 0 Å². The largest absolute Gasteiger partial charge is 0.496 e. The number of methoxy groups -OCH3 is 2. The fraction of sp³-hybridized carbons (Fsp3) is 0.448. The van der Waals surface area contributed by atoms with Crippen LogP contribution in [0.25, 0.3) is 11.0 Å². The summed E-state index contributed by atoms with van der Waals surface area (Å²) >= 11 is 0. The third-order valence-electron chi connectivity index (χ3n) is 7.57. The first-order valence-electron chi connectivity index (χ1n) is 13.2. The zero-order valence-corrected chi connectivity index (χ0v) is 23.4. The molecule has 11 nitrogen and oxygen atoms in total. The highest BCUT2D eigenvalue weighted by atomic mass is 19.1. The second-order valence-electron chi connectivity index (χ2n) is 10.7. The van der Waals surface area contributed by atoms with E-state index in [9.17, 15) is 19.1 Å². The molecule has 12 heteroatoms. The van der Waals surface area contributed by atoms with E-state index < -0.39 is 29.4 Å². The van der Waals surface area contributed by atoms with Crippen LogP contribution in [0.15, 0.2) is 40.8 Å². The summed E-state index contributed by atoms with van der Waals surface area (Å²) in [5, 5.41) is 17.1. The Morgan fingerprint density at radius 1 is 1.20 bits per heavy atom. The molecule has 3 aromatic rings. The van der Waals surface area contributed by atoms with Gasteiger partial charge in [0.1, 0.15) is 30.0 Å². The Balaban J connectivity index is 1.42. The highest BCUT2D eigenvalue weighted by Gasteiger charge is 2.48. The quantitative estimate of drug-likeness (QED) is 0.314. The van der Waals surface area contributed by atoms with E-state index in [-0.39, 0.29) is 48.9 Å². The molecule has 2 aliphatic rings. The Labute approximate surface area is 236 Å². The van der Waals surface area contributed by atoms with Crippen molar-refractivity contribution in [3.05, 3.63) is 59.1 Å². The van der Waals surface area contributed by atoms with Gasteiger partial charge in [-0.1, -0.05) is 12.1 Å². The molecule has 1 unspecified atom stereocenters. The third-order valence-corrected chi connectivity index (χ3v) is 7.57. The summed E-state index contributed by atoms with van der Waals surface area (Å²) < 4.78 is 42.3. The van der Waals surface area contributed by atoms with Gasteiger partial charge in [-0.15, -0.1) is 0 Å². The van der Waals surface area contributed by atoms with Crippen LogP contribution in [-0.2, 0) is 20.8 Å². The van der Waals surface area contributed by atoms with Gasteiger partial charge >= 0.3 is 0 Å². The van der Waals surface area contributed by atoms with Gasteiger partial charge < -0.3 is 38.7 Å². The highest BCUT2D eigenvalue weighted by molar-refractivity contribution is 6.04. The Morgan fingerprint density at radius 3 is 2.66 bits per heavy atom. The lowest BCUT2D eigenvalue weighted by Gasteiger charge is -2.40. The van der Waals surface area contributed by atoms with Crippen LogP contribution < -0.4 is 20.1 Å². The maximum atomic E-state index is 14.5. The molecule has 0 bridgehead atoms. The van der Waals surface area contributed by atoms with E-state index in [1.54, 1.807) is 31.2 Å². The van der Waals surface area contributed by atoms with Gasteiger partial charge in [-0.05, 0) is 43.7 Å². The lowest BCUT2D eigenvalue weighted by Crippen LogP contribution is -2.61. The standard InChI is InChI=1S/C29H34FN3O8/c1-28(14-39-15-28)32-25(34)17-8-9-18-22(12-17)41-24-23(18)40-16-29(2,33(26(24)35)10-11-37-3)27(36)31-13-19-20(30)6-5-7-21(19)38-4/h5-9,12,25,32,34H,10-11,13-16H2,1-4H3,(H,31,36)/t25?,29-/m1/s1. The fourth-order valence-electron chi connectivity index (χ4n) is 5.07. The molecule has 2 atom stereocenters. The van der Waals surface area contributed by atoms with E-state index in [0.29, 0.717) is 35.5 Å². The Bertz CT molecular complexity index is 1460. The number of halogens is 1. The minimum atomic E-state index is -1.48. The molecular formula is C29H34FN3O8. The molecule has 2 aliphatic heterocycles. The molecule has 0 aliphatic carbocycles. The van der Waals surface area contributed by atoms with Crippen molar-refractivity contribution in [2.45, 2.75) is 37.7 Å². The summed E-state index contributed by atoms with van der Waals surface area (Å²) in [4.78, 5) is 28.8. The Kier molecular flexibility index (Phi) is 7.93. The number of furan rings is 1. The van der Waals surface area contributed by atoms with Crippen LogP contribution in [0.5, 0.6) is 11.5 Å². The number of aliphatic hydroxyl groups is 1. The van der Waals surface area contributed by atoms with Crippen LogP contribution in [-0.4, -0.2) is 80.1 Å². The fourth-order valence-corrected chi connectivity index (χ4v) is 5.07. The molecule has 1 fully saturated rings. The number of nitrogens with zero attached hydrogens (tertiary/aromatic N) is 1. The van der Waals surface area contributed by atoms with Crippen molar-refractivity contribution in [2.24, 2.45) is 0 Å². The monoisotopic (exact) mass is 571 g/mol. The van der Waals surface area contributed by atoms with E-state index >= 15 is 0 Å². The smallest absolute Gasteiger partial charge is 0.294 e. The van der Waals surface area contributed by atoms with Crippen molar-refractivity contribution in [3.63, 3.8) is 0 Å². The van der Waals surface area contributed by atoms with Crippen LogP contribution >= 0.6 is 0 Å². The maximum Gasteiger partial charge on any atom is 0.294 e. The molecule has 3 N–H and O–H groups in total. The minimum absolute atomic E-state index is 0.0661. The number of nitrogens with one attached hydrogen (secondary N) is 2. The number of rotatable bonds is 10. The van der Waals surface area contributed by atoms with Crippen LogP contribution in [0.3, 0.4) is 0 Å². The average Bonchev–Trinajstić information content (AvgIpc) is 3.27. The van der Waals surface area contributed by atoms with E-state index in [2.05, 4.69) is 10.6 Å². The molecule has 2 amide bonds. The molecule has 41 heavy (non-hydrogen) atoms. The van der Waals surface area contributed by atoms with E-state index in [1.165, 1.54) is 31.3 Å². The molecule has 2 aromatic carbocycles. The molecule has 3 heterocycles. The Morgan fingerprint density at radius 2 is 1.98 bits per heavy atom. The van der Waals surface area contributed by atoms with E-state index in [4.69, 9.17) is 23.4 Å². The lowest BCUT2D eigenvalue weighted by atomic mass is 9.99. The van der Waals surface area contributed by atoms with Gasteiger partial charge in [0.25, 0.3) is 5.91 Å². The number of hydrogen-bond acceptors (Lipinski definition) is 9. The van der Waals surface area contributed by atoms with Gasteiger partial charge in [0.2, 0.25) is 11.7 Å². The molecule has 5 rings (SSSR count). The zero-order valence-electron chi connectivity index (χ0n) is 23.4. The predicted molar refractivity (Wildman–Crippen MR) is 145 cm³/mol. The molecule has 0 spiro atoms.